The molecule has 1 aromatic carbocycles. The summed E-state index contributed by atoms with van der Waals surface area (Å²) in [5, 5.41) is 0. The average Bonchev–Trinajstić information content (AvgIpc) is 2.33. The first kappa shape index (κ1) is 11.9. The number of rotatable bonds is 3. The summed E-state index contributed by atoms with van der Waals surface area (Å²) in [5.74, 6) is 1.40. The van der Waals surface area contributed by atoms with Crippen molar-refractivity contribution in [3.8, 4) is 0 Å². The molecule has 0 aliphatic heterocycles. The van der Waals surface area contributed by atoms with Gasteiger partial charge in [0, 0.05) is 29.5 Å². The molecule has 1 aromatic heterocycles. The maximum absolute atomic E-state index is 11.7. The van der Waals surface area contributed by atoms with Crippen LogP contribution in [-0.4, -0.2) is 9.55 Å². The lowest BCUT2D eigenvalue weighted by Crippen LogP contribution is -2.17. The third-order valence-electron chi connectivity index (χ3n) is 2.54. The molecule has 0 aliphatic rings. The van der Waals surface area contributed by atoms with Crippen LogP contribution in [0.3, 0.4) is 0 Å². The number of hydrogen-bond acceptors (Lipinski definition) is 3. The van der Waals surface area contributed by atoms with Crippen molar-refractivity contribution >= 4 is 11.8 Å². The van der Waals surface area contributed by atoms with Crippen LogP contribution in [0.2, 0.25) is 0 Å². The zero-order valence-electron chi connectivity index (χ0n) is 9.88. The Bertz CT molecular complexity index is 563. The van der Waals surface area contributed by atoms with Gasteiger partial charge in [-0.1, -0.05) is 18.2 Å². The van der Waals surface area contributed by atoms with Crippen molar-refractivity contribution in [2.45, 2.75) is 17.6 Å². The molecule has 0 fully saturated rings. The van der Waals surface area contributed by atoms with Gasteiger partial charge < -0.3 is 4.57 Å². The van der Waals surface area contributed by atoms with Crippen molar-refractivity contribution in [2.75, 3.05) is 0 Å². The lowest BCUT2D eigenvalue weighted by atomic mass is 10.4. The Balaban J connectivity index is 2.15. The molecule has 2 rings (SSSR count). The van der Waals surface area contributed by atoms with E-state index in [0.29, 0.717) is 5.75 Å². The smallest absolute Gasteiger partial charge is 0.276 e. The predicted molar refractivity (Wildman–Crippen MR) is 70.2 cm³/mol. The Morgan fingerprint density at radius 3 is 2.71 bits per heavy atom. The van der Waals surface area contributed by atoms with Gasteiger partial charge in [0.25, 0.3) is 5.56 Å². The van der Waals surface area contributed by atoms with E-state index < -0.39 is 0 Å². The standard InChI is InChI=1S/C13H14N2OS/c1-10-14-13(16)11(8-15(10)2)9-17-12-6-4-3-5-7-12/h3-8H,9H2,1-2H3. The highest BCUT2D eigenvalue weighted by molar-refractivity contribution is 7.98. The van der Waals surface area contributed by atoms with E-state index in [1.54, 1.807) is 11.8 Å². The molecule has 88 valence electrons. The van der Waals surface area contributed by atoms with Crippen LogP contribution in [0.5, 0.6) is 0 Å². The van der Waals surface area contributed by atoms with E-state index in [-0.39, 0.29) is 5.56 Å². The van der Waals surface area contributed by atoms with Crippen LogP contribution in [0.15, 0.2) is 46.2 Å². The largest absolute Gasteiger partial charge is 0.339 e. The number of thioether (sulfide) groups is 1. The molecule has 2 aromatic rings. The van der Waals surface area contributed by atoms with E-state index in [0.717, 1.165) is 16.3 Å². The molecule has 0 N–H and O–H groups in total. The molecule has 1 heterocycles. The van der Waals surface area contributed by atoms with E-state index in [1.165, 1.54) is 0 Å². The van der Waals surface area contributed by atoms with E-state index >= 15 is 0 Å². The zero-order valence-corrected chi connectivity index (χ0v) is 10.7. The molecular formula is C13H14N2OS. The van der Waals surface area contributed by atoms with E-state index in [4.69, 9.17) is 0 Å². The first-order valence-electron chi connectivity index (χ1n) is 5.38. The summed E-state index contributed by atoms with van der Waals surface area (Å²) in [4.78, 5) is 16.8. The number of hydrogen-bond donors (Lipinski definition) is 0. The van der Waals surface area contributed by atoms with Gasteiger partial charge in [0.15, 0.2) is 0 Å². The van der Waals surface area contributed by atoms with Crippen molar-refractivity contribution in [1.29, 1.82) is 0 Å². The van der Waals surface area contributed by atoms with Crippen LogP contribution >= 0.6 is 11.8 Å². The molecule has 0 unspecified atom stereocenters. The molecule has 0 amide bonds. The van der Waals surface area contributed by atoms with Gasteiger partial charge in [-0.25, -0.2) is 0 Å². The highest BCUT2D eigenvalue weighted by Gasteiger charge is 2.04. The number of aromatic nitrogens is 2. The van der Waals surface area contributed by atoms with Gasteiger partial charge in [0.1, 0.15) is 5.82 Å². The third kappa shape index (κ3) is 2.97. The summed E-state index contributed by atoms with van der Waals surface area (Å²) in [5.41, 5.74) is 0.621. The average molecular weight is 246 g/mol. The molecular weight excluding hydrogens is 232 g/mol. The van der Waals surface area contributed by atoms with Gasteiger partial charge in [-0.05, 0) is 19.1 Å². The van der Waals surface area contributed by atoms with Gasteiger partial charge in [0.2, 0.25) is 0 Å². The quantitative estimate of drug-likeness (QED) is 0.780. The van der Waals surface area contributed by atoms with Crippen LogP contribution < -0.4 is 5.56 Å². The summed E-state index contributed by atoms with van der Waals surface area (Å²) >= 11 is 1.65. The fourth-order valence-corrected chi connectivity index (χ4v) is 2.33. The lowest BCUT2D eigenvalue weighted by Gasteiger charge is -2.05. The number of nitrogens with zero attached hydrogens (tertiary/aromatic N) is 2. The lowest BCUT2D eigenvalue weighted by molar-refractivity contribution is 0.786. The summed E-state index contributed by atoms with van der Waals surface area (Å²) in [7, 11) is 1.90. The van der Waals surface area contributed by atoms with Gasteiger partial charge >= 0.3 is 0 Å². The first-order chi connectivity index (χ1) is 8.16. The predicted octanol–water partition coefficient (Wildman–Crippen LogP) is 2.38. The summed E-state index contributed by atoms with van der Waals surface area (Å²) < 4.78 is 1.88. The van der Waals surface area contributed by atoms with E-state index in [1.807, 2.05) is 55.1 Å². The van der Waals surface area contributed by atoms with Crippen molar-refractivity contribution in [1.82, 2.24) is 9.55 Å². The second-order valence-electron chi connectivity index (χ2n) is 3.83. The normalized spacial score (nSPS) is 10.5. The Kier molecular flexibility index (Phi) is 3.64. The monoisotopic (exact) mass is 246 g/mol. The third-order valence-corrected chi connectivity index (χ3v) is 3.60. The maximum atomic E-state index is 11.7. The van der Waals surface area contributed by atoms with Gasteiger partial charge in [0.05, 0.1) is 0 Å². The summed E-state index contributed by atoms with van der Waals surface area (Å²) in [6.45, 7) is 1.83. The van der Waals surface area contributed by atoms with E-state index in [9.17, 15) is 4.79 Å². The van der Waals surface area contributed by atoms with Gasteiger partial charge in [-0.3, -0.25) is 4.79 Å². The topological polar surface area (TPSA) is 34.9 Å². The second-order valence-corrected chi connectivity index (χ2v) is 4.88. The maximum Gasteiger partial charge on any atom is 0.276 e. The molecule has 3 nitrogen and oxygen atoms in total. The van der Waals surface area contributed by atoms with Crippen LogP contribution in [0.4, 0.5) is 0 Å². The Morgan fingerprint density at radius 2 is 2.00 bits per heavy atom. The van der Waals surface area contributed by atoms with Crippen molar-refractivity contribution in [3.05, 3.63) is 58.3 Å². The Hall–Kier alpha value is -1.55. The molecule has 0 saturated carbocycles. The number of benzene rings is 1. The Morgan fingerprint density at radius 1 is 1.29 bits per heavy atom. The summed E-state index contributed by atoms with van der Waals surface area (Å²) in [6.07, 6.45) is 1.86. The fraction of sp³-hybridized carbons (Fsp3) is 0.231. The minimum Gasteiger partial charge on any atom is -0.339 e. The fourth-order valence-electron chi connectivity index (χ4n) is 1.46. The molecule has 0 spiro atoms. The second kappa shape index (κ2) is 5.19. The van der Waals surface area contributed by atoms with Crippen molar-refractivity contribution in [3.63, 3.8) is 0 Å². The van der Waals surface area contributed by atoms with Crippen LogP contribution in [-0.2, 0) is 12.8 Å². The SMILES string of the molecule is Cc1nc(=O)c(CSc2ccccc2)cn1C. The molecule has 4 heteroatoms. The van der Waals surface area contributed by atoms with Crippen LogP contribution in [0, 0.1) is 6.92 Å². The van der Waals surface area contributed by atoms with E-state index in [2.05, 4.69) is 4.98 Å². The number of aryl methyl sites for hydroxylation is 2. The molecule has 0 atom stereocenters. The van der Waals surface area contributed by atoms with Gasteiger partial charge in [-0.15, -0.1) is 11.8 Å². The summed E-state index contributed by atoms with van der Waals surface area (Å²) in [6, 6.07) is 10.0. The van der Waals surface area contributed by atoms with Crippen LogP contribution in [0.1, 0.15) is 11.4 Å². The van der Waals surface area contributed by atoms with Crippen molar-refractivity contribution < 1.29 is 0 Å². The molecule has 0 aliphatic carbocycles. The van der Waals surface area contributed by atoms with Crippen LogP contribution in [0.25, 0.3) is 0 Å². The van der Waals surface area contributed by atoms with Gasteiger partial charge in [-0.2, -0.15) is 4.98 Å². The molecule has 17 heavy (non-hydrogen) atoms. The highest BCUT2D eigenvalue weighted by atomic mass is 32.2. The Labute approximate surface area is 105 Å². The zero-order chi connectivity index (χ0) is 12.3. The van der Waals surface area contributed by atoms with Crippen molar-refractivity contribution in [2.24, 2.45) is 7.05 Å². The molecule has 0 radical (unpaired) electrons. The minimum atomic E-state index is -0.121. The molecule has 0 bridgehead atoms. The minimum absolute atomic E-state index is 0.121. The molecule has 0 saturated heterocycles. The highest BCUT2D eigenvalue weighted by Crippen LogP contribution is 2.20. The first-order valence-corrected chi connectivity index (χ1v) is 6.36.